The molecule has 1 aromatic heterocycles. The summed E-state index contributed by atoms with van der Waals surface area (Å²) >= 11 is 0. The Hall–Kier alpha value is -2.35. The molecule has 0 saturated carbocycles. The van der Waals surface area contributed by atoms with Crippen LogP contribution in [0.25, 0.3) is 11.4 Å². The maximum atomic E-state index is 11.3. The molecule has 0 unspecified atom stereocenters. The van der Waals surface area contributed by atoms with E-state index in [2.05, 4.69) is 9.68 Å². The van der Waals surface area contributed by atoms with E-state index in [1.165, 1.54) is 4.57 Å². The SMILES string of the molecule is Cc1ccccc1-c1noc(=O)n1CC#N. The minimum Gasteiger partial charge on any atom is -0.295 e. The van der Waals surface area contributed by atoms with Crippen LogP contribution in [-0.4, -0.2) is 9.72 Å². The maximum absolute atomic E-state index is 11.3. The monoisotopic (exact) mass is 215 g/mol. The van der Waals surface area contributed by atoms with Crippen LogP contribution in [0.4, 0.5) is 0 Å². The fraction of sp³-hybridized carbons (Fsp3) is 0.182. The molecule has 0 aliphatic carbocycles. The van der Waals surface area contributed by atoms with Crippen LogP contribution in [0.15, 0.2) is 33.6 Å². The van der Waals surface area contributed by atoms with Crippen LogP contribution in [-0.2, 0) is 6.54 Å². The summed E-state index contributed by atoms with van der Waals surface area (Å²) in [6, 6.07) is 9.39. The lowest BCUT2D eigenvalue weighted by Gasteiger charge is -2.02. The van der Waals surface area contributed by atoms with E-state index in [1.54, 1.807) is 0 Å². The highest BCUT2D eigenvalue weighted by Gasteiger charge is 2.13. The van der Waals surface area contributed by atoms with Gasteiger partial charge in [-0.05, 0) is 12.5 Å². The van der Waals surface area contributed by atoms with Crippen molar-refractivity contribution >= 4 is 0 Å². The van der Waals surface area contributed by atoms with E-state index in [0.717, 1.165) is 11.1 Å². The first kappa shape index (κ1) is 10.2. The van der Waals surface area contributed by atoms with Gasteiger partial charge in [-0.3, -0.25) is 4.52 Å². The smallest absolute Gasteiger partial charge is 0.295 e. The minimum atomic E-state index is -0.611. The van der Waals surface area contributed by atoms with Gasteiger partial charge in [0, 0.05) is 5.56 Å². The Bertz CT molecular complexity index is 604. The summed E-state index contributed by atoms with van der Waals surface area (Å²) in [6.07, 6.45) is 0. The zero-order valence-corrected chi connectivity index (χ0v) is 8.67. The highest BCUT2D eigenvalue weighted by Crippen LogP contribution is 2.19. The Morgan fingerprint density at radius 3 is 2.94 bits per heavy atom. The molecule has 0 aliphatic heterocycles. The van der Waals surface area contributed by atoms with Crippen molar-refractivity contribution in [3.8, 4) is 17.5 Å². The van der Waals surface area contributed by atoms with Gasteiger partial charge in [-0.1, -0.05) is 29.4 Å². The predicted octanol–water partition coefficient (Wildman–Crippen LogP) is 1.34. The molecule has 0 aliphatic rings. The highest BCUT2D eigenvalue weighted by molar-refractivity contribution is 5.59. The van der Waals surface area contributed by atoms with E-state index >= 15 is 0 Å². The molecule has 0 radical (unpaired) electrons. The summed E-state index contributed by atoms with van der Waals surface area (Å²) in [5.74, 6) is -0.218. The zero-order valence-electron chi connectivity index (χ0n) is 8.67. The average Bonchev–Trinajstić information content (AvgIpc) is 2.62. The first-order valence-electron chi connectivity index (χ1n) is 4.73. The fourth-order valence-corrected chi connectivity index (χ4v) is 1.50. The molecule has 0 fully saturated rings. The van der Waals surface area contributed by atoms with Gasteiger partial charge < -0.3 is 0 Å². The van der Waals surface area contributed by atoms with Gasteiger partial charge in [0.15, 0.2) is 5.82 Å². The Labute approximate surface area is 91.5 Å². The molecule has 5 heteroatoms. The quantitative estimate of drug-likeness (QED) is 0.757. The highest BCUT2D eigenvalue weighted by atomic mass is 16.5. The number of hydrogen-bond acceptors (Lipinski definition) is 4. The van der Waals surface area contributed by atoms with E-state index in [4.69, 9.17) is 5.26 Å². The lowest BCUT2D eigenvalue weighted by molar-refractivity contribution is 0.379. The number of aromatic nitrogens is 2. The predicted molar refractivity (Wildman–Crippen MR) is 56.5 cm³/mol. The van der Waals surface area contributed by atoms with E-state index in [9.17, 15) is 4.79 Å². The van der Waals surface area contributed by atoms with Gasteiger partial charge >= 0.3 is 5.76 Å². The molecule has 5 nitrogen and oxygen atoms in total. The molecule has 2 aromatic rings. The third kappa shape index (κ3) is 1.61. The summed E-state index contributed by atoms with van der Waals surface area (Å²) < 4.78 is 5.77. The molecule has 2 rings (SSSR count). The third-order valence-corrected chi connectivity index (χ3v) is 2.30. The van der Waals surface area contributed by atoms with Crippen molar-refractivity contribution in [1.82, 2.24) is 9.72 Å². The van der Waals surface area contributed by atoms with Crippen LogP contribution in [0, 0.1) is 18.3 Å². The standard InChI is InChI=1S/C11H9N3O2/c1-8-4-2-3-5-9(8)10-13-16-11(15)14(10)7-6-12/h2-5H,7H2,1H3. The number of benzene rings is 1. The Morgan fingerprint density at radius 2 is 2.25 bits per heavy atom. The molecule has 1 aromatic carbocycles. The molecule has 0 N–H and O–H groups in total. The van der Waals surface area contributed by atoms with Crippen LogP contribution in [0.1, 0.15) is 5.56 Å². The molecule has 0 spiro atoms. The Kier molecular flexibility index (Phi) is 2.56. The van der Waals surface area contributed by atoms with Gasteiger partial charge in [0.2, 0.25) is 0 Å². The zero-order chi connectivity index (χ0) is 11.5. The second-order valence-electron chi connectivity index (χ2n) is 3.33. The fourth-order valence-electron chi connectivity index (χ4n) is 1.50. The normalized spacial score (nSPS) is 10.0. The van der Waals surface area contributed by atoms with Gasteiger partial charge in [0.25, 0.3) is 0 Å². The van der Waals surface area contributed by atoms with Gasteiger partial charge in [-0.25, -0.2) is 9.36 Å². The van der Waals surface area contributed by atoms with Gasteiger partial charge in [-0.2, -0.15) is 5.26 Å². The largest absolute Gasteiger partial charge is 0.442 e. The van der Waals surface area contributed by atoms with Crippen molar-refractivity contribution in [2.75, 3.05) is 0 Å². The minimum absolute atomic E-state index is 0.0635. The number of rotatable bonds is 2. The van der Waals surface area contributed by atoms with Crippen LogP contribution >= 0.6 is 0 Å². The van der Waals surface area contributed by atoms with Crippen LogP contribution < -0.4 is 5.76 Å². The Balaban J connectivity index is 2.62. The number of aryl methyl sites for hydroxylation is 1. The van der Waals surface area contributed by atoms with Crippen molar-refractivity contribution in [2.45, 2.75) is 13.5 Å². The molecular formula is C11H9N3O2. The van der Waals surface area contributed by atoms with Crippen molar-refractivity contribution < 1.29 is 4.52 Å². The van der Waals surface area contributed by atoms with Crippen molar-refractivity contribution in [2.24, 2.45) is 0 Å². The summed E-state index contributed by atoms with van der Waals surface area (Å²) in [4.78, 5) is 11.3. The second kappa shape index (κ2) is 4.03. The topological polar surface area (TPSA) is 71.8 Å². The molecule has 0 bridgehead atoms. The summed E-state index contributed by atoms with van der Waals surface area (Å²) in [7, 11) is 0. The van der Waals surface area contributed by atoms with Gasteiger partial charge in [0.1, 0.15) is 6.54 Å². The molecular weight excluding hydrogens is 206 g/mol. The van der Waals surface area contributed by atoms with Crippen LogP contribution in [0.2, 0.25) is 0 Å². The van der Waals surface area contributed by atoms with Crippen molar-refractivity contribution in [3.63, 3.8) is 0 Å². The summed E-state index contributed by atoms with van der Waals surface area (Å²) in [5.41, 5.74) is 1.77. The van der Waals surface area contributed by atoms with Crippen LogP contribution in [0.5, 0.6) is 0 Å². The second-order valence-corrected chi connectivity index (χ2v) is 3.33. The average molecular weight is 215 g/mol. The van der Waals surface area contributed by atoms with Crippen LogP contribution in [0.3, 0.4) is 0 Å². The van der Waals surface area contributed by atoms with Crippen molar-refractivity contribution in [3.05, 3.63) is 40.4 Å². The number of nitrogens with zero attached hydrogens (tertiary/aromatic N) is 3. The molecule has 0 amide bonds. The first-order valence-corrected chi connectivity index (χ1v) is 4.73. The van der Waals surface area contributed by atoms with E-state index in [1.807, 2.05) is 37.3 Å². The van der Waals surface area contributed by atoms with Gasteiger partial charge in [0.05, 0.1) is 6.07 Å². The molecule has 0 saturated heterocycles. The summed E-state index contributed by atoms with van der Waals surface area (Å²) in [5, 5.41) is 12.3. The maximum Gasteiger partial charge on any atom is 0.442 e. The molecule has 1 heterocycles. The third-order valence-electron chi connectivity index (χ3n) is 2.30. The Morgan fingerprint density at radius 1 is 1.50 bits per heavy atom. The van der Waals surface area contributed by atoms with Gasteiger partial charge in [-0.15, -0.1) is 0 Å². The molecule has 16 heavy (non-hydrogen) atoms. The van der Waals surface area contributed by atoms with E-state index in [0.29, 0.717) is 5.82 Å². The van der Waals surface area contributed by atoms with E-state index in [-0.39, 0.29) is 6.54 Å². The number of hydrogen-bond donors (Lipinski definition) is 0. The molecule has 80 valence electrons. The molecule has 0 atom stereocenters. The first-order chi connectivity index (χ1) is 7.74. The summed E-state index contributed by atoms with van der Waals surface area (Å²) in [6.45, 7) is 1.84. The lowest BCUT2D eigenvalue weighted by atomic mass is 10.1. The van der Waals surface area contributed by atoms with E-state index < -0.39 is 5.76 Å². The van der Waals surface area contributed by atoms with Crippen molar-refractivity contribution in [1.29, 1.82) is 5.26 Å². The lowest BCUT2D eigenvalue weighted by Crippen LogP contribution is -2.14. The number of nitriles is 1.